The number of hydrogen-bond acceptors (Lipinski definition) is 6. The van der Waals surface area contributed by atoms with Crippen molar-refractivity contribution in [3.8, 4) is 11.5 Å². The molecule has 2 aromatic carbocycles. The molecule has 34 heavy (non-hydrogen) atoms. The molecule has 0 spiro atoms. The summed E-state index contributed by atoms with van der Waals surface area (Å²) in [5.74, 6) is -1.24. The highest BCUT2D eigenvalue weighted by Gasteiger charge is 2.47. The van der Waals surface area contributed by atoms with Gasteiger partial charge in [-0.2, -0.15) is 0 Å². The van der Waals surface area contributed by atoms with Gasteiger partial charge in [0, 0.05) is 13.2 Å². The Kier molecular flexibility index (Phi) is 6.41. The molecule has 2 aliphatic heterocycles. The van der Waals surface area contributed by atoms with Crippen molar-refractivity contribution in [2.24, 2.45) is 0 Å². The Hall–Kier alpha value is -3.32. The molecule has 2 aromatic rings. The normalized spacial score (nSPS) is 22.4. The molecule has 0 bridgehead atoms. The van der Waals surface area contributed by atoms with Crippen molar-refractivity contribution in [3.63, 3.8) is 0 Å². The number of phenolic OH excluding ortho intramolecular Hbond substituents is 1. The van der Waals surface area contributed by atoms with Crippen molar-refractivity contribution in [2.75, 3.05) is 20.3 Å². The first-order chi connectivity index (χ1) is 16.1. The Bertz CT molecular complexity index is 1120. The van der Waals surface area contributed by atoms with Gasteiger partial charge in [0.1, 0.15) is 17.3 Å². The Morgan fingerprint density at radius 2 is 1.85 bits per heavy atom. The van der Waals surface area contributed by atoms with E-state index < -0.39 is 17.7 Å². The van der Waals surface area contributed by atoms with Crippen LogP contribution < -0.4 is 4.74 Å². The predicted molar refractivity (Wildman–Crippen MR) is 128 cm³/mol. The first kappa shape index (κ1) is 23.8. The fraction of sp³-hybridized carbons (Fsp3) is 0.407. The molecular formula is C27H31NO6. The minimum atomic E-state index is -0.812. The largest absolute Gasteiger partial charge is 0.508 e. The molecule has 0 radical (unpaired) electrons. The number of aromatic hydroxyl groups is 1. The van der Waals surface area contributed by atoms with Gasteiger partial charge in [0.25, 0.3) is 11.7 Å². The number of aliphatic hydroxyl groups is 1. The molecule has 4 rings (SSSR count). The zero-order chi connectivity index (χ0) is 24.6. The summed E-state index contributed by atoms with van der Waals surface area (Å²) in [7, 11) is 1.50. The standard InChI is InChI=1S/C27H31NO6/c1-27(2,3)17-9-12-21(33-4)20(14-17)24(30)22-23(16-7-10-18(29)11-8-16)28(26(32)25(22)31)15-19-6-5-13-34-19/h7-12,14,19,23,29-30H,5-6,13,15H2,1-4H3/b24-22+. The summed E-state index contributed by atoms with van der Waals surface area (Å²) >= 11 is 0. The molecule has 1 amide bonds. The van der Waals surface area contributed by atoms with Crippen LogP contribution >= 0.6 is 0 Å². The molecule has 2 heterocycles. The topological polar surface area (TPSA) is 96.3 Å². The molecule has 7 heteroatoms. The van der Waals surface area contributed by atoms with Gasteiger partial charge in [0.2, 0.25) is 0 Å². The molecular weight excluding hydrogens is 434 g/mol. The second-order valence-electron chi connectivity index (χ2n) is 9.84. The lowest BCUT2D eigenvalue weighted by Crippen LogP contribution is -2.36. The lowest BCUT2D eigenvalue weighted by atomic mass is 9.85. The summed E-state index contributed by atoms with van der Waals surface area (Å²) in [6.07, 6.45) is 1.53. The van der Waals surface area contributed by atoms with E-state index in [0.29, 0.717) is 23.5 Å². The average molecular weight is 466 g/mol. The maximum atomic E-state index is 13.3. The van der Waals surface area contributed by atoms with E-state index in [9.17, 15) is 19.8 Å². The quantitative estimate of drug-likeness (QED) is 0.388. The second kappa shape index (κ2) is 9.14. The van der Waals surface area contributed by atoms with Crippen LogP contribution in [0, 0.1) is 0 Å². The van der Waals surface area contributed by atoms with Gasteiger partial charge in [-0.15, -0.1) is 0 Å². The summed E-state index contributed by atoms with van der Waals surface area (Å²) in [5, 5.41) is 21.3. The number of methoxy groups -OCH3 is 1. The number of carbonyl (C=O) groups excluding carboxylic acids is 2. The van der Waals surface area contributed by atoms with Gasteiger partial charge in [0.15, 0.2) is 0 Å². The van der Waals surface area contributed by atoms with Gasteiger partial charge in [-0.05, 0) is 53.6 Å². The van der Waals surface area contributed by atoms with E-state index in [-0.39, 0.29) is 35.1 Å². The number of ketones is 1. The van der Waals surface area contributed by atoms with Crippen LogP contribution in [0.25, 0.3) is 5.76 Å². The van der Waals surface area contributed by atoms with E-state index in [4.69, 9.17) is 9.47 Å². The highest BCUT2D eigenvalue weighted by atomic mass is 16.5. The highest BCUT2D eigenvalue weighted by Crippen LogP contribution is 2.42. The number of phenols is 1. The minimum Gasteiger partial charge on any atom is -0.508 e. The fourth-order valence-corrected chi connectivity index (χ4v) is 4.58. The number of ether oxygens (including phenoxy) is 2. The van der Waals surface area contributed by atoms with E-state index >= 15 is 0 Å². The molecule has 2 aliphatic rings. The van der Waals surface area contributed by atoms with Gasteiger partial charge in [-0.3, -0.25) is 9.59 Å². The summed E-state index contributed by atoms with van der Waals surface area (Å²) in [5.41, 5.74) is 1.71. The Morgan fingerprint density at radius 1 is 1.15 bits per heavy atom. The molecule has 2 atom stereocenters. The third kappa shape index (κ3) is 4.40. The molecule has 0 aromatic heterocycles. The fourth-order valence-electron chi connectivity index (χ4n) is 4.58. The molecule has 180 valence electrons. The summed E-state index contributed by atoms with van der Waals surface area (Å²) < 4.78 is 11.2. The average Bonchev–Trinajstić information content (AvgIpc) is 3.40. The van der Waals surface area contributed by atoms with Crippen LogP contribution in [0.3, 0.4) is 0 Å². The number of hydrogen-bond donors (Lipinski definition) is 2. The first-order valence-electron chi connectivity index (χ1n) is 11.5. The van der Waals surface area contributed by atoms with Gasteiger partial charge >= 0.3 is 0 Å². The van der Waals surface area contributed by atoms with Crippen molar-refractivity contribution < 1.29 is 29.3 Å². The maximum Gasteiger partial charge on any atom is 0.295 e. The number of likely N-dealkylation sites (tertiary alicyclic amines) is 1. The lowest BCUT2D eigenvalue weighted by molar-refractivity contribution is -0.140. The Morgan fingerprint density at radius 3 is 2.44 bits per heavy atom. The number of Topliss-reactive ketones (excluding diaryl/α,β-unsaturated/α-hetero) is 1. The first-order valence-corrected chi connectivity index (χ1v) is 11.5. The van der Waals surface area contributed by atoms with Gasteiger partial charge in [-0.1, -0.05) is 39.0 Å². The second-order valence-corrected chi connectivity index (χ2v) is 9.84. The van der Waals surface area contributed by atoms with Gasteiger partial charge in [-0.25, -0.2) is 0 Å². The molecule has 0 aliphatic carbocycles. The van der Waals surface area contributed by atoms with Crippen molar-refractivity contribution in [1.29, 1.82) is 0 Å². The van der Waals surface area contributed by atoms with Crippen LogP contribution in [0.4, 0.5) is 0 Å². The maximum absolute atomic E-state index is 13.3. The van der Waals surface area contributed by atoms with Crippen LogP contribution in [0.15, 0.2) is 48.0 Å². The molecule has 2 saturated heterocycles. The minimum absolute atomic E-state index is 0.00181. The van der Waals surface area contributed by atoms with Crippen LogP contribution in [-0.4, -0.2) is 53.2 Å². The van der Waals surface area contributed by atoms with E-state index in [0.717, 1.165) is 18.4 Å². The Labute approximate surface area is 199 Å². The van der Waals surface area contributed by atoms with Crippen molar-refractivity contribution in [2.45, 2.75) is 51.2 Å². The van der Waals surface area contributed by atoms with E-state index in [1.165, 1.54) is 24.1 Å². The molecule has 2 unspecified atom stereocenters. The van der Waals surface area contributed by atoms with Crippen LogP contribution in [0.2, 0.25) is 0 Å². The zero-order valence-electron chi connectivity index (χ0n) is 20.0. The molecule has 7 nitrogen and oxygen atoms in total. The van der Waals surface area contributed by atoms with E-state index in [2.05, 4.69) is 20.8 Å². The predicted octanol–water partition coefficient (Wildman–Crippen LogP) is 4.30. The number of benzene rings is 2. The summed E-state index contributed by atoms with van der Waals surface area (Å²) in [4.78, 5) is 27.9. The monoisotopic (exact) mass is 465 g/mol. The van der Waals surface area contributed by atoms with Crippen LogP contribution in [-0.2, 0) is 19.7 Å². The number of rotatable bonds is 5. The zero-order valence-corrected chi connectivity index (χ0v) is 20.0. The van der Waals surface area contributed by atoms with Crippen molar-refractivity contribution in [3.05, 3.63) is 64.7 Å². The van der Waals surface area contributed by atoms with Crippen LogP contribution in [0.1, 0.15) is 56.3 Å². The number of carbonyl (C=O) groups is 2. The van der Waals surface area contributed by atoms with Crippen molar-refractivity contribution >= 4 is 17.4 Å². The Balaban J connectivity index is 1.89. The van der Waals surface area contributed by atoms with Gasteiger partial charge < -0.3 is 24.6 Å². The van der Waals surface area contributed by atoms with Crippen molar-refractivity contribution in [1.82, 2.24) is 4.90 Å². The number of aliphatic hydroxyl groups excluding tert-OH is 1. The number of amides is 1. The van der Waals surface area contributed by atoms with E-state index in [1.807, 2.05) is 6.07 Å². The highest BCUT2D eigenvalue weighted by molar-refractivity contribution is 6.46. The van der Waals surface area contributed by atoms with Gasteiger partial charge in [0.05, 0.1) is 30.4 Å². The third-order valence-electron chi connectivity index (χ3n) is 6.49. The summed E-state index contributed by atoms with van der Waals surface area (Å²) in [6, 6.07) is 11.0. The SMILES string of the molecule is COc1ccc(C(C)(C)C)cc1/C(O)=C1\C(=O)C(=O)N(CC2CCCO2)C1c1ccc(O)cc1. The molecule has 2 N–H and O–H groups in total. The molecule has 2 fully saturated rings. The summed E-state index contributed by atoms with van der Waals surface area (Å²) in [6.45, 7) is 7.02. The number of nitrogens with zero attached hydrogens (tertiary/aromatic N) is 1. The lowest BCUT2D eigenvalue weighted by Gasteiger charge is -2.27. The third-order valence-corrected chi connectivity index (χ3v) is 6.49. The van der Waals surface area contributed by atoms with E-state index in [1.54, 1.807) is 24.3 Å². The smallest absolute Gasteiger partial charge is 0.295 e. The molecule has 0 saturated carbocycles. The van der Waals surface area contributed by atoms with Crippen LogP contribution in [0.5, 0.6) is 11.5 Å².